The smallest absolute Gasteiger partial charge is 0.332 e. The van der Waals surface area contributed by atoms with Gasteiger partial charge in [-0.3, -0.25) is 0 Å². The molecule has 1 heterocycles. The van der Waals surface area contributed by atoms with Crippen molar-refractivity contribution in [2.24, 2.45) is 0 Å². The summed E-state index contributed by atoms with van der Waals surface area (Å²) >= 11 is 0. The van der Waals surface area contributed by atoms with E-state index < -0.39 is 18.4 Å². The first-order valence-corrected chi connectivity index (χ1v) is 3.42. The Hall–Kier alpha value is -1.42. The number of nitrogens with one attached hydrogen (secondary N) is 1. The zero-order valence-corrected chi connectivity index (χ0v) is 7.68. The topological polar surface area (TPSA) is 76.3 Å². The maximum Gasteiger partial charge on any atom is 0.396 e. The van der Waals surface area contributed by atoms with Gasteiger partial charge in [0.1, 0.15) is 24.4 Å². The average molecular weight is 207 g/mol. The van der Waals surface area contributed by atoms with Crippen molar-refractivity contribution in [3.05, 3.63) is 17.2 Å². The third kappa shape index (κ3) is 3.67. The molecule has 0 saturated heterocycles. The van der Waals surface area contributed by atoms with Gasteiger partial charge in [-0.2, -0.15) is 23.7 Å². The van der Waals surface area contributed by atoms with Crippen molar-refractivity contribution in [3.8, 4) is 12.1 Å². The van der Waals surface area contributed by atoms with Crippen molar-refractivity contribution in [2.45, 2.75) is 12.6 Å². The first kappa shape index (κ1) is 13.6. The molecule has 0 fully saturated rings. The third-order valence-electron chi connectivity index (χ3n) is 1.34. The summed E-state index contributed by atoms with van der Waals surface area (Å²) in [5, 5.41) is 16.8. The number of alkyl halides is 3. The molecule has 0 aliphatic rings. The molecule has 8 heteroatoms. The Morgan fingerprint density at radius 2 is 1.87 bits per heavy atom. The summed E-state index contributed by atoms with van der Waals surface area (Å²) in [6.45, 7) is 0. The van der Waals surface area contributed by atoms with Crippen LogP contribution in [0.5, 0.6) is 0 Å². The van der Waals surface area contributed by atoms with Gasteiger partial charge in [0.25, 0.3) is 0 Å². The summed E-state index contributed by atoms with van der Waals surface area (Å²) < 4.78 is 35.6. The molecule has 1 N–H and O–H groups in total. The number of hydrogen-bond donors (Lipinski definition) is 1. The molecule has 73 valence electrons. The largest absolute Gasteiger partial charge is 0.396 e. The van der Waals surface area contributed by atoms with Crippen molar-refractivity contribution in [1.82, 2.24) is 9.97 Å². The zero-order valence-electron chi connectivity index (χ0n) is 7.68. The summed E-state index contributed by atoms with van der Waals surface area (Å²) in [6, 6.07) is 3.07. The second-order valence-electron chi connectivity index (χ2n) is 2.42. The molecule has 4 nitrogen and oxygen atoms in total. The van der Waals surface area contributed by atoms with Gasteiger partial charge in [-0.25, -0.2) is 4.98 Å². The summed E-state index contributed by atoms with van der Waals surface area (Å²) in [5.41, 5.74) is -0.557. The van der Waals surface area contributed by atoms with Crippen LogP contribution in [0.3, 0.4) is 0 Å². The number of aromatic amines is 1. The maximum atomic E-state index is 11.9. The molecule has 1 aromatic heterocycles. The quantitative estimate of drug-likeness (QED) is 0.694. The molecule has 1 radical (unpaired) electrons. The van der Waals surface area contributed by atoms with E-state index in [-0.39, 0.29) is 30.2 Å². The standard InChI is InChI=1S/C7H3F3N4.Li/c8-7(9,10)1-6-13-4(2-11)5(3-12)14-6;/h1H2,(H,13,14);. The van der Waals surface area contributed by atoms with Gasteiger partial charge in [0.2, 0.25) is 0 Å². The van der Waals surface area contributed by atoms with Gasteiger partial charge in [-0.05, 0) is 0 Å². The molecule has 0 bridgehead atoms. The van der Waals surface area contributed by atoms with E-state index in [1.807, 2.05) is 0 Å². The molecule has 0 amide bonds. The SMILES string of the molecule is N#Cc1nc(CC(F)(F)F)[nH]c1C#N.[Li]. The van der Waals surface area contributed by atoms with Crippen LogP contribution in [-0.2, 0) is 6.42 Å². The van der Waals surface area contributed by atoms with Gasteiger partial charge in [0.15, 0.2) is 11.4 Å². The average Bonchev–Trinajstić information content (AvgIpc) is 2.43. The molecule has 1 aromatic rings. The van der Waals surface area contributed by atoms with Gasteiger partial charge < -0.3 is 4.98 Å². The van der Waals surface area contributed by atoms with Crippen molar-refractivity contribution in [3.63, 3.8) is 0 Å². The summed E-state index contributed by atoms with van der Waals surface area (Å²) in [4.78, 5) is 5.45. The first-order valence-electron chi connectivity index (χ1n) is 3.42. The Balaban J connectivity index is 0.00000196. The molecule has 0 saturated carbocycles. The number of nitriles is 2. The van der Waals surface area contributed by atoms with Crippen LogP contribution < -0.4 is 0 Å². The van der Waals surface area contributed by atoms with Crippen LogP contribution in [0.2, 0.25) is 0 Å². The molecule has 0 atom stereocenters. The minimum absolute atomic E-state index is 0. The van der Waals surface area contributed by atoms with E-state index >= 15 is 0 Å². The molecule has 0 unspecified atom stereocenters. The van der Waals surface area contributed by atoms with Crippen LogP contribution >= 0.6 is 0 Å². The molecule has 1 rings (SSSR count). The number of hydrogen-bond acceptors (Lipinski definition) is 3. The Morgan fingerprint density at radius 3 is 2.20 bits per heavy atom. The number of aromatic nitrogens is 2. The van der Waals surface area contributed by atoms with E-state index in [0.717, 1.165) is 0 Å². The van der Waals surface area contributed by atoms with Crippen LogP contribution in [0, 0.1) is 22.7 Å². The van der Waals surface area contributed by atoms with Crippen molar-refractivity contribution in [2.75, 3.05) is 0 Å². The van der Waals surface area contributed by atoms with Crippen LogP contribution in [0.15, 0.2) is 0 Å². The molecule has 0 aliphatic carbocycles. The van der Waals surface area contributed by atoms with Crippen molar-refractivity contribution < 1.29 is 13.2 Å². The van der Waals surface area contributed by atoms with E-state index in [1.54, 1.807) is 6.07 Å². The fourth-order valence-electron chi connectivity index (χ4n) is 0.858. The fraction of sp³-hybridized carbons (Fsp3) is 0.286. The number of halogens is 3. The molecular formula is C7H3F3LiN4. The Kier molecular flexibility index (Phi) is 4.42. The third-order valence-corrected chi connectivity index (χ3v) is 1.34. The predicted octanol–water partition coefficient (Wildman–Crippen LogP) is 0.877. The Labute approximate surface area is 94.9 Å². The van der Waals surface area contributed by atoms with Gasteiger partial charge in [0.05, 0.1) is 0 Å². The van der Waals surface area contributed by atoms with Crippen LogP contribution in [0.25, 0.3) is 0 Å². The van der Waals surface area contributed by atoms with E-state index in [4.69, 9.17) is 10.5 Å². The minimum Gasteiger partial charge on any atom is -0.332 e. The van der Waals surface area contributed by atoms with E-state index in [1.165, 1.54) is 6.07 Å². The molecule has 0 aliphatic heterocycles. The van der Waals surface area contributed by atoms with Crippen LogP contribution in [-0.4, -0.2) is 35.0 Å². The summed E-state index contributed by atoms with van der Waals surface area (Å²) in [7, 11) is 0. The maximum absolute atomic E-state index is 11.9. The minimum atomic E-state index is -4.41. The molecule has 0 spiro atoms. The number of nitrogens with zero attached hydrogens (tertiary/aromatic N) is 3. The number of rotatable bonds is 1. The second kappa shape index (κ2) is 4.88. The number of imidazole rings is 1. The fourth-order valence-corrected chi connectivity index (χ4v) is 0.858. The van der Waals surface area contributed by atoms with E-state index in [2.05, 4.69) is 9.97 Å². The normalized spacial score (nSPS) is 9.93. The molecular weight excluding hydrogens is 204 g/mol. The van der Waals surface area contributed by atoms with Crippen LogP contribution in [0.4, 0.5) is 13.2 Å². The predicted molar refractivity (Wildman–Crippen MR) is 43.5 cm³/mol. The van der Waals surface area contributed by atoms with Crippen molar-refractivity contribution >= 4 is 18.9 Å². The van der Waals surface area contributed by atoms with E-state index in [0.29, 0.717) is 0 Å². The van der Waals surface area contributed by atoms with Crippen LogP contribution in [0.1, 0.15) is 17.2 Å². The molecule has 0 aromatic carbocycles. The summed E-state index contributed by atoms with van der Waals surface area (Å²) in [6.07, 6.45) is -5.68. The van der Waals surface area contributed by atoms with Crippen molar-refractivity contribution in [1.29, 1.82) is 10.5 Å². The molecule has 15 heavy (non-hydrogen) atoms. The second-order valence-corrected chi connectivity index (χ2v) is 2.42. The zero-order chi connectivity index (χ0) is 10.8. The monoisotopic (exact) mass is 207 g/mol. The Bertz CT molecular complexity index is 391. The Morgan fingerprint density at radius 1 is 1.27 bits per heavy atom. The van der Waals surface area contributed by atoms with Gasteiger partial charge in [-0.1, -0.05) is 0 Å². The number of H-pyrrole nitrogens is 1. The van der Waals surface area contributed by atoms with Gasteiger partial charge >= 0.3 is 6.18 Å². The van der Waals surface area contributed by atoms with E-state index in [9.17, 15) is 13.2 Å². The van der Waals surface area contributed by atoms with Gasteiger partial charge in [-0.15, -0.1) is 0 Å². The summed E-state index contributed by atoms with van der Waals surface area (Å²) in [5.74, 6) is -0.425. The first-order chi connectivity index (χ1) is 6.46. The van der Waals surface area contributed by atoms with Gasteiger partial charge in [0, 0.05) is 18.9 Å².